The fourth-order valence-corrected chi connectivity index (χ4v) is 1.51. The van der Waals surface area contributed by atoms with E-state index in [0.717, 1.165) is 30.3 Å². The summed E-state index contributed by atoms with van der Waals surface area (Å²) in [7, 11) is 0. The molecule has 0 aromatic heterocycles. The first-order chi connectivity index (χ1) is 10.6. The van der Waals surface area contributed by atoms with Crippen LogP contribution in [0.1, 0.15) is 26.3 Å². The lowest BCUT2D eigenvalue weighted by Crippen LogP contribution is -2.12. The van der Waals surface area contributed by atoms with E-state index in [1.807, 2.05) is 0 Å². The highest BCUT2D eigenvalue weighted by Gasteiger charge is 2.34. The quantitative estimate of drug-likeness (QED) is 0.818. The zero-order valence-corrected chi connectivity index (χ0v) is 11.3. The number of hydrogen-bond acceptors (Lipinski definition) is 2. The molecule has 0 saturated heterocycles. The van der Waals surface area contributed by atoms with E-state index in [0.29, 0.717) is 0 Å². The van der Waals surface area contributed by atoms with Gasteiger partial charge in [-0.05, 0) is 36.4 Å². The lowest BCUT2D eigenvalue weighted by molar-refractivity contribution is -0.138. The molecule has 4 nitrogen and oxygen atoms in total. The molecular formula is C15H10F4O4. The van der Waals surface area contributed by atoms with Crippen molar-refractivity contribution in [1.29, 1.82) is 0 Å². The number of hydrogen-bond donors (Lipinski definition) is 2. The molecule has 0 atom stereocenters. The number of carboxylic acids is 2. The second-order valence-corrected chi connectivity index (χ2v) is 4.16. The van der Waals surface area contributed by atoms with Gasteiger partial charge in [-0.25, -0.2) is 14.0 Å². The van der Waals surface area contributed by atoms with Crippen molar-refractivity contribution in [2.24, 2.45) is 0 Å². The van der Waals surface area contributed by atoms with Gasteiger partial charge < -0.3 is 10.2 Å². The van der Waals surface area contributed by atoms with Crippen molar-refractivity contribution in [3.63, 3.8) is 0 Å². The van der Waals surface area contributed by atoms with Crippen LogP contribution < -0.4 is 0 Å². The Kier molecular flexibility index (Phi) is 5.83. The highest BCUT2D eigenvalue weighted by Crippen LogP contribution is 2.31. The molecule has 8 heteroatoms. The Morgan fingerprint density at radius 1 is 0.826 bits per heavy atom. The zero-order valence-electron chi connectivity index (χ0n) is 11.3. The Balaban J connectivity index is 0.000000238. The summed E-state index contributed by atoms with van der Waals surface area (Å²) < 4.78 is 48.6. The molecule has 0 spiro atoms. The molecule has 0 saturated carbocycles. The SMILES string of the molecule is O=C(O)c1ccc(F)cc1.O=C(O)c1ccccc1C(F)(F)F. The van der Waals surface area contributed by atoms with Crippen LogP contribution in [0.5, 0.6) is 0 Å². The van der Waals surface area contributed by atoms with E-state index < -0.39 is 35.1 Å². The lowest BCUT2D eigenvalue weighted by Gasteiger charge is -2.08. The number of rotatable bonds is 2. The predicted octanol–water partition coefficient (Wildman–Crippen LogP) is 3.93. The summed E-state index contributed by atoms with van der Waals surface area (Å²) in [5, 5.41) is 16.8. The van der Waals surface area contributed by atoms with Crippen molar-refractivity contribution < 1.29 is 37.4 Å². The average Bonchev–Trinajstić information content (AvgIpc) is 2.47. The summed E-state index contributed by atoms with van der Waals surface area (Å²) in [6, 6.07) is 8.73. The van der Waals surface area contributed by atoms with Crippen LogP contribution in [0.3, 0.4) is 0 Å². The standard InChI is InChI=1S/C8H5F3O2.C7H5FO2/c9-8(10,11)6-4-2-1-3-5(6)7(12)13;8-6-3-1-5(2-4-6)7(9)10/h1-4H,(H,12,13);1-4H,(H,9,10). The van der Waals surface area contributed by atoms with Gasteiger partial charge in [0.15, 0.2) is 0 Å². The van der Waals surface area contributed by atoms with Crippen LogP contribution in [0.15, 0.2) is 48.5 Å². The summed E-state index contributed by atoms with van der Waals surface area (Å²) in [4.78, 5) is 20.6. The first kappa shape index (κ1) is 18.1. The number of carbonyl (C=O) groups is 2. The fourth-order valence-electron chi connectivity index (χ4n) is 1.51. The number of carboxylic acid groups (broad SMARTS) is 2. The lowest BCUT2D eigenvalue weighted by atomic mass is 10.1. The molecular weight excluding hydrogens is 320 g/mol. The molecule has 0 fully saturated rings. The van der Waals surface area contributed by atoms with E-state index in [2.05, 4.69) is 0 Å². The minimum absolute atomic E-state index is 0.0985. The van der Waals surface area contributed by atoms with E-state index >= 15 is 0 Å². The van der Waals surface area contributed by atoms with Crippen LogP contribution in [0.2, 0.25) is 0 Å². The molecule has 2 N–H and O–H groups in total. The minimum atomic E-state index is -4.62. The minimum Gasteiger partial charge on any atom is -0.478 e. The van der Waals surface area contributed by atoms with E-state index in [4.69, 9.17) is 10.2 Å². The third-order valence-corrected chi connectivity index (χ3v) is 2.55. The van der Waals surface area contributed by atoms with Crippen molar-refractivity contribution in [3.8, 4) is 0 Å². The molecule has 23 heavy (non-hydrogen) atoms. The van der Waals surface area contributed by atoms with Crippen molar-refractivity contribution in [2.45, 2.75) is 6.18 Å². The monoisotopic (exact) mass is 330 g/mol. The third kappa shape index (κ3) is 5.42. The topological polar surface area (TPSA) is 74.6 Å². The van der Waals surface area contributed by atoms with E-state index in [9.17, 15) is 27.2 Å². The summed E-state index contributed by atoms with van der Waals surface area (Å²) in [6.07, 6.45) is -4.62. The number of aromatic carboxylic acids is 2. The van der Waals surface area contributed by atoms with Crippen LogP contribution >= 0.6 is 0 Å². The Labute approximate surface area is 127 Å². The maximum Gasteiger partial charge on any atom is 0.417 e. The van der Waals surface area contributed by atoms with Gasteiger partial charge in [-0.15, -0.1) is 0 Å². The Morgan fingerprint density at radius 2 is 1.35 bits per heavy atom. The van der Waals surface area contributed by atoms with Crippen LogP contribution in [0.25, 0.3) is 0 Å². The smallest absolute Gasteiger partial charge is 0.417 e. The van der Waals surface area contributed by atoms with E-state index in [-0.39, 0.29) is 5.56 Å². The molecule has 0 unspecified atom stereocenters. The maximum atomic E-state index is 12.2. The van der Waals surface area contributed by atoms with Crippen LogP contribution in [-0.2, 0) is 6.18 Å². The van der Waals surface area contributed by atoms with Crippen LogP contribution in [0.4, 0.5) is 17.6 Å². The largest absolute Gasteiger partial charge is 0.478 e. The summed E-state index contributed by atoms with van der Waals surface area (Å²) in [5.41, 5.74) is -1.75. The highest BCUT2D eigenvalue weighted by atomic mass is 19.4. The second kappa shape index (κ2) is 7.39. The number of alkyl halides is 3. The Hall–Kier alpha value is -2.90. The van der Waals surface area contributed by atoms with Gasteiger partial charge in [-0.1, -0.05) is 12.1 Å². The Morgan fingerprint density at radius 3 is 1.74 bits per heavy atom. The molecule has 0 amide bonds. The van der Waals surface area contributed by atoms with Crippen molar-refractivity contribution in [2.75, 3.05) is 0 Å². The van der Waals surface area contributed by atoms with Gasteiger partial charge in [0, 0.05) is 0 Å². The highest BCUT2D eigenvalue weighted by molar-refractivity contribution is 5.89. The molecule has 0 aliphatic carbocycles. The molecule has 122 valence electrons. The van der Waals surface area contributed by atoms with Crippen LogP contribution in [-0.4, -0.2) is 22.2 Å². The van der Waals surface area contributed by atoms with Gasteiger partial charge in [0.1, 0.15) is 5.82 Å². The molecule has 2 aromatic carbocycles. The van der Waals surface area contributed by atoms with Crippen molar-refractivity contribution >= 4 is 11.9 Å². The summed E-state index contributed by atoms with van der Waals surface area (Å²) in [6.45, 7) is 0. The number of benzene rings is 2. The van der Waals surface area contributed by atoms with Crippen molar-refractivity contribution in [3.05, 3.63) is 71.0 Å². The molecule has 0 aliphatic heterocycles. The van der Waals surface area contributed by atoms with Gasteiger partial charge in [0.2, 0.25) is 0 Å². The maximum absolute atomic E-state index is 12.2. The molecule has 2 aromatic rings. The third-order valence-electron chi connectivity index (χ3n) is 2.55. The van der Waals surface area contributed by atoms with Gasteiger partial charge >= 0.3 is 18.1 Å². The molecule has 0 heterocycles. The van der Waals surface area contributed by atoms with Crippen molar-refractivity contribution in [1.82, 2.24) is 0 Å². The van der Waals surface area contributed by atoms with E-state index in [1.165, 1.54) is 18.2 Å². The summed E-state index contributed by atoms with van der Waals surface area (Å²) in [5.74, 6) is -3.04. The van der Waals surface area contributed by atoms with E-state index in [1.54, 1.807) is 0 Å². The normalized spacial score (nSPS) is 10.4. The predicted molar refractivity (Wildman–Crippen MR) is 71.8 cm³/mol. The van der Waals surface area contributed by atoms with Gasteiger partial charge in [-0.2, -0.15) is 13.2 Å². The first-order valence-corrected chi connectivity index (χ1v) is 6.01. The number of halogens is 4. The fraction of sp³-hybridized carbons (Fsp3) is 0.0667. The summed E-state index contributed by atoms with van der Waals surface area (Å²) >= 11 is 0. The first-order valence-electron chi connectivity index (χ1n) is 6.01. The van der Waals surface area contributed by atoms with Gasteiger partial charge in [0.05, 0.1) is 16.7 Å². The Bertz CT molecular complexity index is 693. The zero-order chi connectivity index (χ0) is 17.6. The molecule has 0 radical (unpaired) electrons. The second-order valence-electron chi connectivity index (χ2n) is 4.16. The molecule has 0 aliphatic rings. The van der Waals surface area contributed by atoms with Gasteiger partial charge in [-0.3, -0.25) is 0 Å². The molecule has 2 rings (SSSR count). The van der Waals surface area contributed by atoms with Gasteiger partial charge in [0.25, 0.3) is 0 Å². The van der Waals surface area contributed by atoms with Crippen LogP contribution in [0, 0.1) is 5.82 Å². The average molecular weight is 330 g/mol. The molecule has 0 bridgehead atoms.